The van der Waals surface area contributed by atoms with E-state index in [-0.39, 0.29) is 12.4 Å². The first-order valence-electron chi connectivity index (χ1n) is 6.33. The molecule has 2 N–H and O–H groups in total. The fourth-order valence-corrected chi connectivity index (χ4v) is 1.79. The lowest BCUT2D eigenvalue weighted by Crippen LogP contribution is -2.15. The number of benzene rings is 2. The zero-order valence-corrected chi connectivity index (χ0v) is 11.1. The number of halogens is 1. The second-order valence-corrected chi connectivity index (χ2v) is 4.47. The molecular formula is C16H14FNO3. The fourth-order valence-electron chi connectivity index (χ4n) is 1.79. The molecular weight excluding hydrogens is 273 g/mol. The van der Waals surface area contributed by atoms with Crippen molar-refractivity contribution < 1.29 is 19.3 Å². The van der Waals surface area contributed by atoms with Crippen LogP contribution in [0.3, 0.4) is 0 Å². The van der Waals surface area contributed by atoms with Crippen LogP contribution in [0.25, 0.3) is 0 Å². The van der Waals surface area contributed by atoms with Crippen LogP contribution in [-0.4, -0.2) is 16.3 Å². The van der Waals surface area contributed by atoms with Crippen LogP contribution >= 0.6 is 0 Å². The van der Waals surface area contributed by atoms with E-state index in [0.717, 1.165) is 0 Å². The van der Waals surface area contributed by atoms with Gasteiger partial charge in [-0.25, -0.2) is 4.39 Å². The summed E-state index contributed by atoms with van der Waals surface area (Å²) in [5.74, 6) is 0.169. The molecule has 5 heteroatoms. The monoisotopic (exact) mass is 287 g/mol. The van der Waals surface area contributed by atoms with Gasteiger partial charge in [0.05, 0.1) is 6.07 Å². The van der Waals surface area contributed by atoms with Gasteiger partial charge in [0.15, 0.2) is 6.10 Å². The van der Waals surface area contributed by atoms with E-state index in [4.69, 9.17) is 10.00 Å². The molecule has 21 heavy (non-hydrogen) atoms. The van der Waals surface area contributed by atoms with Crippen LogP contribution in [0, 0.1) is 17.1 Å². The highest BCUT2D eigenvalue weighted by Crippen LogP contribution is 2.21. The van der Waals surface area contributed by atoms with E-state index in [1.54, 1.807) is 48.5 Å². The van der Waals surface area contributed by atoms with Crippen LogP contribution < -0.4 is 4.74 Å². The van der Waals surface area contributed by atoms with Gasteiger partial charge in [-0.1, -0.05) is 30.3 Å². The SMILES string of the molecule is N#CC(O)C(O)c1ccc(OCc2ccccc2F)cc1. The second kappa shape index (κ2) is 6.84. The largest absolute Gasteiger partial charge is 0.489 e. The van der Waals surface area contributed by atoms with Gasteiger partial charge in [-0.15, -0.1) is 0 Å². The van der Waals surface area contributed by atoms with Crippen LogP contribution in [0.15, 0.2) is 48.5 Å². The predicted molar refractivity (Wildman–Crippen MR) is 73.8 cm³/mol. The third kappa shape index (κ3) is 3.78. The number of hydrogen-bond donors (Lipinski definition) is 2. The van der Waals surface area contributed by atoms with Gasteiger partial charge >= 0.3 is 0 Å². The Bertz CT molecular complexity index is 637. The summed E-state index contributed by atoms with van der Waals surface area (Å²) < 4.78 is 18.9. The summed E-state index contributed by atoms with van der Waals surface area (Å²) in [6.45, 7) is 0.0927. The Labute approximate surface area is 121 Å². The second-order valence-electron chi connectivity index (χ2n) is 4.47. The minimum absolute atomic E-state index is 0.0927. The molecule has 2 atom stereocenters. The van der Waals surface area contributed by atoms with Crippen molar-refractivity contribution in [1.29, 1.82) is 5.26 Å². The molecule has 0 saturated carbocycles. The fraction of sp³-hybridized carbons (Fsp3) is 0.188. The number of hydrogen-bond acceptors (Lipinski definition) is 4. The van der Waals surface area contributed by atoms with Crippen molar-refractivity contribution >= 4 is 0 Å². The Morgan fingerprint density at radius 3 is 2.38 bits per heavy atom. The first kappa shape index (κ1) is 15.0. The van der Waals surface area contributed by atoms with Crippen LogP contribution in [0.1, 0.15) is 17.2 Å². The smallest absolute Gasteiger partial charge is 0.170 e. The van der Waals surface area contributed by atoms with E-state index in [1.807, 2.05) is 0 Å². The van der Waals surface area contributed by atoms with Crippen LogP contribution in [0.2, 0.25) is 0 Å². The quantitative estimate of drug-likeness (QED) is 0.828. The van der Waals surface area contributed by atoms with Gasteiger partial charge in [0.25, 0.3) is 0 Å². The molecule has 2 aromatic carbocycles. The van der Waals surface area contributed by atoms with Crippen molar-refractivity contribution in [3.05, 3.63) is 65.5 Å². The average molecular weight is 287 g/mol. The summed E-state index contributed by atoms with van der Waals surface area (Å²) in [5, 5.41) is 27.4. The average Bonchev–Trinajstić information content (AvgIpc) is 2.53. The summed E-state index contributed by atoms with van der Waals surface area (Å²) >= 11 is 0. The highest BCUT2D eigenvalue weighted by Gasteiger charge is 2.17. The Morgan fingerprint density at radius 2 is 1.76 bits per heavy atom. The molecule has 0 radical (unpaired) electrons. The topological polar surface area (TPSA) is 73.5 Å². The molecule has 2 unspecified atom stereocenters. The molecule has 0 heterocycles. The van der Waals surface area contributed by atoms with Crippen LogP contribution in [0.4, 0.5) is 4.39 Å². The Kier molecular flexibility index (Phi) is 4.88. The molecule has 0 aromatic heterocycles. The maximum absolute atomic E-state index is 13.4. The normalized spacial score (nSPS) is 13.2. The minimum atomic E-state index is -1.48. The molecule has 0 aliphatic rings. The summed E-state index contributed by atoms with van der Waals surface area (Å²) in [6.07, 6.45) is -2.74. The molecule has 4 nitrogen and oxygen atoms in total. The Morgan fingerprint density at radius 1 is 1.10 bits per heavy atom. The zero-order chi connectivity index (χ0) is 15.2. The first-order chi connectivity index (χ1) is 10.1. The molecule has 0 amide bonds. The molecule has 0 fully saturated rings. The van der Waals surface area contributed by atoms with E-state index in [2.05, 4.69) is 0 Å². The van der Waals surface area contributed by atoms with E-state index in [9.17, 15) is 14.6 Å². The van der Waals surface area contributed by atoms with E-state index >= 15 is 0 Å². The number of nitrogens with zero attached hydrogens (tertiary/aromatic N) is 1. The highest BCUT2D eigenvalue weighted by atomic mass is 19.1. The maximum atomic E-state index is 13.4. The van der Waals surface area contributed by atoms with Gasteiger partial charge in [0, 0.05) is 5.56 Å². The van der Waals surface area contributed by atoms with Crippen LogP contribution in [-0.2, 0) is 6.61 Å². The molecule has 2 aromatic rings. The van der Waals surface area contributed by atoms with Gasteiger partial charge in [-0.2, -0.15) is 5.26 Å². The number of nitriles is 1. The Hall–Kier alpha value is -2.42. The van der Waals surface area contributed by atoms with Crippen molar-refractivity contribution in [1.82, 2.24) is 0 Å². The lowest BCUT2D eigenvalue weighted by Gasteiger charge is -2.13. The van der Waals surface area contributed by atoms with Gasteiger partial charge in [0.2, 0.25) is 0 Å². The minimum Gasteiger partial charge on any atom is -0.489 e. The lowest BCUT2D eigenvalue weighted by atomic mass is 10.1. The van der Waals surface area contributed by atoms with E-state index in [0.29, 0.717) is 16.9 Å². The lowest BCUT2D eigenvalue weighted by molar-refractivity contribution is 0.0527. The van der Waals surface area contributed by atoms with Crippen molar-refractivity contribution in [2.75, 3.05) is 0 Å². The zero-order valence-electron chi connectivity index (χ0n) is 11.1. The molecule has 0 aliphatic heterocycles. The first-order valence-corrected chi connectivity index (χ1v) is 6.33. The highest BCUT2D eigenvalue weighted by molar-refractivity contribution is 5.30. The molecule has 0 aliphatic carbocycles. The number of rotatable bonds is 5. The van der Waals surface area contributed by atoms with Crippen molar-refractivity contribution in [3.63, 3.8) is 0 Å². The predicted octanol–water partition coefficient (Wildman–Crippen LogP) is 2.32. The van der Waals surface area contributed by atoms with E-state index in [1.165, 1.54) is 6.07 Å². The van der Waals surface area contributed by atoms with Crippen molar-refractivity contribution in [2.45, 2.75) is 18.8 Å². The Balaban J connectivity index is 2.00. The molecule has 2 rings (SSSR count). The van der Waals surface area contributed by atoms with Gasteiger partial charge in [0.1, 0.15) is 24.3 Å². The van der Waals surface area contributed by atoms with E-state index < -0.39 is 12.2 Å². The maximum Gasteiger partial charge on any atom is 0.170 e. The summed E-state index contributed by atoms with van der Waals surface area (Å²) in [4.78, 5) is 0. The summed E-state index contributed by atoms with van der Waals surface area (Å²) in [6, 6.07) is 14.2. The molecule has 0 spiro atoms. The van der Waals surface area contributed by atoms with Crippen LogP contribution in [0.5, 0.6) is 5.75 Å². The summed E-state index contributed by atoms with van der Waals surface area (Å²) in [5.41, 5.74) is 0.851. The van der Waals surface area contributed by atoms with Gasteiger partial charge in [-0.05, 0) is 23.8 Å². The van der Waals surface area contributed by atoms with Crippen molar-refractivity contribution in [2.24, 2.45) is 0 Å². The van der Waals surface area contributed by atoms with Gasteiger partial charge in [-0.3, -0.25) is 0 Å². The third-order valence-electron chi connectivity index (χ3n) is 3.01. The summed E-state index contributed by atoms with van der Waals surface area (Å²) in [7, 11) is 0. The standard InChI is InChI=1S/C16H14FNO3/c17-14-4-2-1-3-12(14)10-21-13-7-5-11(6-8-13)16(20)15(19)9-18/h1-8,15-16,19-20H,10H2. The van der Waals surface area contributed by atoms with Crippen molar-refractivity contribution in [3.8, 4) is 11.8 Å². The molecule has 0 bridgehead atoms. The van der Waals surface area contributed by atoms with Gasteiger partial charge < -0.3 is 14.9 Å². The number of aliphatic hydroxyl groups excluding tert-OH is 2. The molecule has 108 valence electrons. The molecule has 0 saturated heterocycles. The number of aliphatic hydroxyl groups is 2. The number of ether oxygens (including phenoxy) is 1. The third-order valence-corrected chi connectivity index (χ3v) is 3.01.